The Kier molecular flexibility index (Phi) is 13.3. The maximum atomic E-state index is 5.94. The van der Waals surface area contributed by atoms with Gasteiger partial charge in [0.25, 0.3) is 0 Å². The van der Waals surface area contributed by atoms with Crippen LogP contribution < -0.4 is 15.4 Å². The first-order valence-electron chi connectivity index (χ1n) is 10.6. The molecule has 0 spiro atoms. The van der Waals surface area contributed by atoms with E-state index in [9.17, 15) is 0 Å². The van der Waals surface area contributed by atoms with E-state index < -0.39 is 0 Å². The van der Waals surface area contributed by atoms with Crippen LogP contribution in [0.3, 0.4) is 0 Å². The third kappa shape index (κ3) is 10.00. The number of likely N-dealkylation sites (tertiary alicyclic amines) is 1. The molecule has 29 heavy (non-hydrogen) atoms. The number of aliphatic imine (C=N–C) groups is 1. The first-order chi connectivity index (χ1) is 13.6. The predicted molar refractivity (Wildman–Crippen MR) is 132 cm³/mol. The van der Waals surface area contributed by atoms with Gasteiger partial charge in [0.1, 0.15) is 12.4 Å². The topological polar surface area (TPSA) is 58.1 Å². The third-order valence-corrected chi connectivity index (χ3v) is 5.06. The molecular weight excluding hydrogens is 479 g/mol. The van der Waals surface area contributed by atoms with Crippen molar-refractivity contribution in [3.05, 3.63) is 29.3 Å². The van der Waals surface area contributed by atoms with Crippen LogP contribution in [0.15, 0.2) is 23.2 Å². The number of guanidine groups is 1. The molecule has 0 amide bonds. The summed E-state index contributed by atoms with van der Waals surface area (Å²) >= 11 is 0. The number of hydrogen-bond acceptors (Lipinski definition) is 4. The quantitative estimate of drug-likeness (QED) is 0.215. The minimum atomic E-state index is 0. The Bertz CT molecular complexity index is 604. The number of rotatable bonds is 10. The van der Waals surface area contributed by atoms with Gasteiger partial charge in [0.05, 0.1) is 13.2 Å². The highest BCUT2D eigenvalue weighted by atomic mass is 127. The summed E-state index contributed by atoms with van der Waals surface area (Å²) in [5.41, 5.74) is 2.28. The second-order valence-electron chi connectivity index (χ2n) is 7.48. The average Bonchev–Trinajstić information content (AvgIpc) is 2.69. The molecule has 0 atom stereocenters. The Morgan fingerprint density at radius 2 is 1.93 bits per heavy atom. The molecule has 6 nitrogen and oxygen atoms in total. The van der Waals surface area contributed by atoms with Crippen LogP contribution in [0.2, 0.25) is 0 Å². The molecule has 1 fully saturated rings. The van der Waals surface area contributed by atoms with Gasteiger partial charge in [-0.1, -0.05) is 12.1 Å². The van der Waals surface area contributed by atoms with E-state index in [1.807, 2.05) is 6.92 Å². The van der Waals surface area contributed by atoms with E-state index in [2.05, 4.69) is 54.6 Å². The smallest absolute Gasteiger partial charge is 0.191 e. The van der Waals surface area contributed by atoms with E-state index in [4.69, 9.17) is 14.5 Å². The van der Waals surface area contributed by atoms with Gasteiger partial charge in [-0.2, -0.15) is 0 Å². The van der Waals surface area contributed by atoms with Gasteiger partial charge >= 0.3 is 0 Å². The third-order valence-electron chi connectivity index (χ3n) is 5.06. The standard InChI is InChI=1S/C22H38N4O2.HI/c1-5-23-22(24-16-19-9-11-26(4)12-10-19)25-17-20-8-7-18(3)15-21(20)28-14-13-27-6-2;/h7-8,15,19H,5-6,9-14,16-17H2,1-4H3,(H2,23,24,25);1H. The molecule has 1 aromatic carbocycles. The van der Waals surface area contributed by atoms with Gasteiger partial charge in [-0.3, -0.25) is 0 Å². The highest BCUT2D eigenvalue weighted by Crippen LogP contribution is 2.21. The number of ether oxygens (including phenoxy) is 2. The van der Waals surface area contributed by atoms with Crippen molar-refractivity contribution in [2.45, 2.75) is 40.2 Å². The van der Waals surface area contributed by atoms with E-state index in [0.717, 1.165) is 36.3 Å². The average molecular weight is 518 g/mol. The molecule has 7 heteroatoms. The lowest BCUT2D eigenvalue weighted by Crippen LogP contribution is -2.42. The van der Waals surface area contributed by atoms with E-state index in [1.54, 1.807) is 0 Å². The number of nitrogens with zero attached hydrogens (tertiary/aromatic N) is 2. The molecular formula is C22H39IN4O2. The van der Waals surface area contributed by atoms with E-state index in [0.29, 0.717) is 26.4 Å². The first kappa shape index (κ1) is 26.0. The SMILES string of the molecule is CCNC(=NCc1ccc(C)cc1OCCOCC)NCC1CCN(C)CC1.I. The molecule has 0 aliphatic carbocycles. The molecule has 0 saturated carbocycles. The molecule has 0 aromatic heterocycles. The maximum Gasteiger partial charge on any atom is 0.191 e. The summed E-state index contributed by atoms with van der Waals surface area (Å²) in [6.45, 7) is 12.8. The van der Waals surface area contributed by atoms with Crippen LogP contribution in [0.25, 0.3) is 0 Å². The summed E-state index contributed by atoms with van der Waals surface area (Å²) in [5, 5.41) is 6.89. The van der Waals surface area contributed by atoms with Crippen LogP contribution in [0.5, 0.6) is 5.75 Å². The van der Waals surface area contributed by atoms with Crippen LogP contribution in [-0.2, 0) is 11.3 Å². The van der Waals surface area contributed by atoms with Crippen molar-refractivity contribution in [2.24, 2.45) is 10.9 Å². The second-order valence-corrected chi connectivity index (χ2v) is 7.48. The lowest BCUT2D eigenvalue weighted by atomic mass is 9.97. The molecule has 166 valence electrons. The van der Waals surface area contributed by atoms with Crippen molar-refractivity contribution in [3.8, 4) is 5.75 Å². The molecule has 1 aliphatic heterocycles. The Morgan fingerprint density at radius 3 is 2.62 bits per heavy atom. The van der Waals surface area contributed by atoms with Crippen LogP contribution in [0, 0.1) is 12.8 Å². The molecule has 1 heterocycles. The van der Waals surface area contributed by atoms with Crippen LogP contribution in [0.1, 0.15) is 37.8 Å². The van der Waals surface area contributed by atoms with Gasteiger partial charge in [0.15, 0.2) is 5.96 Å². The summed E-state index contributed by atoms with van der Waals surface area (Å²) in [7, 11) is 2.20. The zero-order valence-electron chi connectivity index (χ0n) is 18.5. The molecule has 1 aliphatic rings. The molecule has 1 saturated heterocycles. The van der Waals surface area contributed by atoms with Gasteiger partial charge < -0.3 is 25.0 Å². The Balaban J connectivity index is 0.00000420. The zero-order valence-corrected chi connectivity index (χ0v) is 20.8. The monoisotopic (exact) mass is 518 g/mol. The minimum absolute atomic E-state index is 0. The molecule has 0 bridgehead atoms. The first-order valence-corrected chi connectivity index (χ1v) is 10.6. The molecule has 2 rings (SSSR count). The van der Waals surface area contributed by atoms with Gasteiger partial charge in [-0.05, 0) is 71.3 Å². The normalized spacial score (nSPS) is 15.7. The summed E-state index contributed by atoms with van der Waals surface area (Å²) in [4.78, 5) is 7.19. The van der Waals surface area contributed by atoms with Crippen molar-refractivity contribution in [1.29, 1.82) is 0 Å². The second kappa shape index (κ2) is 14.8. The number of nitrogens with one attached hydrogen (secondary N) is 2. The van der Waals surface area contributed by atoms with Gasteiger partial charge in [0, 0.05) is 25.3 Å². The van der Waals surface area contributed by atoms with Crippen molar-refractivity contribution in [1.82, 2.24) is 15.5 Å². The van der Waals surface area contributed by atoms with Gasteiger partial charge in [-0.15, -0.1) is 24.0 Å². The van der Waals surface area contributed by atoms with Crippen LogP contribution in [-0.4, -0.2) is 63.9 Å². The lowest BCUT2D eigenvalue weighted by molar-refractivity contribution is 0.110. The van der Waals surface area contributed by atoms with Gasteiger partial charge in [-0.25, -0.2) is 4.99 Å². The van der Waals surface area contributed by atoms with Gasteiger partial charge in [0.2, 0.25) is 0 Å². The minimum Gasteiger partial charge on any atom is -0.491 e. The Hall–Kier alpha value is -1.06. The van der Waals surface area contributed by atoms with E-state index in [-0.39, 0.29) is 24.0 Å². The fourth-order valence-electron chi connectivity index (χ4n) is 3.29. The van der Waals surface area contributed by atoms with Crippen molar-refractivity contribution in [3.63, 3.8) is 0 Å². The van der Waals surface area contributed by atoms with Crippen molar-refractivity contribution >= 4 is 29.9 Å². The molecule has 0 unspecified atom stereocenters. The number of piperidine rings is 1. The molecule has 2 N–H and O–H groups in total. The predicted octanol–water partition coefficient (Wildman–Crippen LogP) is 3.43. The molecule has 1 aromatic rings. The highest BCUT2D eigenvalue weighted by molar-refractivity contribution is 14.0. The van der Waals surface area contributed by atoms with Crippen LogP contribution >= 0.6 is 24.0 Å². The maximum absolute atomic E-state index is 5.94. The summed E-state index contributed by atoms with van der Waals surface area (Å²) in [5.74, 6) is 2.49. The summed E-state index contributed by atoms with van der Waals surface area (Å²) in [6.07, 6.45) is 2.50. The lowest BCUT2D eigenvalue weighted by Gasteiger charge is -2.29. The number of halogens is 1. The summed E-state index contributed by atoms with van der Waals surface area (Å²) < 4.78 is 11.3. The fourth-order valence-corrected chi connectivity index (χ4v) is 3.29. The largest absolute Gasteiger partial charge is 0.491 e. The van der Waals surface area contributed by atoms with E-state index >= 15 is 0 Å². The number of hydrogen-bond donors (Lipinski definition) is 2. The number of aryl methyl sites for hydroxylation is 1. The summed E-state index contributed by atoms with van der Waals surface area (Å²) in [6, 6.07) is 6.30. The molecule has 0 radical (unpaired) electrons. The highest BCUT2D eigenvalue weighted by Gasteiger charge is 2.16. The van der Waals surface area contributed by atoms with Crippen molar-refractivity contribution < 1.29 is 9.47 Å². The van der Waals surface area contributed by atoms with Crippen LogP contribution in [0.4, 0.5) is 0 Å². The Labute approximate surface area is 193 Å². The van der Waals surface area contributed by atoms with E-state index in [1.165, 1.54) is 31.5 Å². The number of benzene rings is 1. The van der Waals surface area contributed by atoms with Crippen molar-refractivity contribution in [2.75, 3.05) is 53.0 Å². The Morgan fingerprint density at radius 1 is 1.17 bits per heavy atom. The zero-order chi connectivity index (χ0) is 20.2. The fraction of sp³-hybridized carbons (Fsp3) is 0.682.